The summed E-state index contributed by atoms with van der Waals surface area (Å²) in [4.78, 5) is 12.0. The molecule has 1 aromatic carbocycles. The Bertz CT molecular complexity index is 398. The number of nitrogens with two attached hydrogens (primary N) is 1. The maximum Gasteiger partial charge on any atom is 0.241 e. The summed E-state index contributed by atoms with van der Waals surface area (Å²) in [7, 11) is 0. The lowest BCUT2D eigenvalue weighted by Crippen LogP contribution is -2.45. The number of aryl methyl sites for hydroxylation is 2. The van der Waals surface area contributed by atoms with Gasteiger partial charge < -0.3 is 11.1 Å². The number of carbonyl (C=O) groups is 1. The summed E-state index contributed by atoms with van der Waals surface area (Å²) in [6.45, 7) is 9.84. The molecule has 1 amide bonds. The van der Waals surface area contributed by atoms with Gasteiger partial charge in [0.05, 0.1) is 6.04 Å². The molecule has 0 bridgehead atoms. The molecule has 0 aliphatic heterocycles. The van der Waals surface area contributed by atoms with Crippen molar-refractivity contribution in [3.63, 3.8) is 0 Å². The van der Waals surface area contributed by atoms with Gasteiger partial charge in [0.15, 0.2) is 0 Å². The Morgan fingerprint density at radius 2 is 1.71 bits per heavy atom. The van der Waals surface area contributed by atoms with E-state index in [1.807, 2.05) is 52.8 Å². The lowest BCUT2D eigenvalue weighted by molar-refractivity contribution is -0.119. The van der Waals surface area contributed by atoms with Crippen LogP contribution in [0.4, 0.5) is 5.69 Å². The van der Waals surface area contributed by atoms with Crippen LogP contribution in [-0.4, -0.2) is 11.9 Å². The Morgan fingerprint density at radius 1 is 1.24 bits per heavy atom. The molecule has 3 nitrogen and oxygen atoms in total. The minimum atomic E-state index is -0.512. The van der Waals surface area contributed by atoms with Gasteiger partial charge in [0, 0.05) is 5.69 Å². The first-order chi connectivity index (χ1) is 7.73. The number of hydrogen-bond donors (Lipinski definition) is 2. The van der Waals surface area contributed by atoms with Crippen molar-refractivity contribution >= 4 is 11.6 Å². The van der Waals surface area contributed by atoms with Crippen LogP contribution in [0.15, 0.2) is 18.2 Å². The maximum absolute atomic E-state index is 12.0. The number of nitrogens with one attached hydrogen (secondary N) is 1. The zero-order chi connectivity index (χ0) is 13.2. The van der Waals surface area contributed by atoms with Crippen molar-refractivity contribution in [3.05, 3.63) is 29.3 Å². The van der Waals surface area contributed by atoms with Gasteiger partial charge in [-0.05, 0) is 30.4 Å². The summed E-state index contributed by atoms with van der Waals surface area (Å²) in [5.41, 5.74) is 8.68. The maximum atomic E-state index is 12.0. The summed E-state index contributed by atoms with van der Waals surface area (Å²) in [5.74, 6) is -0.130. The Balaban J connectivity index is 2.89. The molecule has 3 N–H and O–H groups in total. The summed E-state index contributed by atoms with van der Waals surface area (Å²) < 4.78 is 0. The number of hydrogen-bond acceptors (Lipinski definition) is 2. The number of anilines is 1. The van der Waals surface area contributed by atoms with Crippen molar-refractivity contribution in [2.75, 3.05) is 5.32 Å². The fourth-order valence-corrected chi connectivity index (χ4v) is 1.61. The van der Waals surface area contributed by atoms with Crippen molar-refractivity contribution in [2.24, 2.45) is 11.1 Å². The largest absolute Gasteiger partial charge is 0.324 e. The van der Waals surface area contributed by atoms with E-state index in [-0.39, 0.29) is 11.3 Å². The van der Waals surface area contributed by atoms with E-state index in [1.165, 1.54) is 0 Å². The van der Waals surface area contributed by atoms with E-state index in [4.69, 9.17) is 5.73 Å². The number of amides is 1. The molecule has 0 radical (unpaired) electrons. The van der Waals surface area contributed by atoms with Gasteiger partial charge >= 0.3 is 0 Å². The Kier molecular flexibility index (Phi) is 3.94. The fourth-order valence-electron chi connectivity index (χ4n) is 1.61. The number of carbonyl (C=O) groups excluding carboxylic acids is 1. The SMILES string of the molecule is Cc1cccc(C)c1NC(=O)[C@@H](N)C(C)(C)C. The van der Waals surface area contributed by atoms with Gasteiger partial charge in [0.2, 0.25) is 5.91 Å². The van der Waals surface area contributed by atoms with Crippen LogP contribution in [0.25, 0.3) is 0 Å². The second-order valence-corrected chi connectivity index (χ2v) is 5.60. The zero-order valence-electron chi connectivity index (χ0n) is 11.3. The van der Waals surface area contributed by atoms with Crippen LogP contribution in [0.2, 0.25) is 0 Å². The molecule has 94 valence electrons. The molecule has 0 saturated heterocycles. The molecule has 0 unspecified atom stereocenters. The molecule has 0 heterocycles. The smallest absolute Gasteiger partial charge is 0.241 e. The molecule has 17 heavy (non-hydrogen) atoms. The Morgan fingerprint density at radius 3 is 2.12 bits per heavy atom. The van der Waals surface area contributed by atoms with Crippen molar-refractivity contribution in [3.8, 4) is 0 Å². The van der Waals surface area contributed by atoms with Crippen molar-refractivity contribution in [2.45, 2.75) is 40.7 Å². The van der Waals surface area contributed by atoms with Gasteiger partial charge in [-0.2, -0.15) is 0 Å². The summed E-state index contributed by atoms with van der Waals surface area (Å²) in [6, 6.07) is 5.42. The van der Waals surface area contributed by atoms with Gasteiger partial charge in [0.1, 0.15) is 0 Å². The fraction of sp³-hybridized carbons (Fsp3) is 0.500. The van der Waals surface area contributed by atoms with Crippen LogP contribution in [0.5, 0.6) is 0 Å². The first-order valence-electron chi connectivity index (χ1n) is 5.86. The standard InChI is InChI=1S/C14H22N2O/c1-9-7-6-8-10(2)11(9)16-13(17)12(15)14(3,4)5/h6-8,12H,15H2,1-5H3,(H,16,17)/t12-/m1/s1. The molecular formula is C14H22N2O. The molecule has 0 aliphatic carbocycles. The van der Waals surface area contributed by atoms with Crippen LogP contribution in [0.1, 0.15) is 31.9 Å². The minimum Gasteiger partial charge on any atom is -0.324 e. The van der Waals surface area contributed by atoms with Gasteiger partial charge in [0.25, 0.3) is 0 Å². The summed E-state index contributed by atoms with van der Waals surface area (Å²) in [5, 5.41) is 2.92. The van der Waals surface area contributed by atoms with Crippen LogP contribution >= 0.6 is 0 Å². The topological polar surface area (TPSA) is 55.1 Å². The van der Waals surface area contributed by atoms with E-state index in [1.54, 1.807) is 0 Å². The third-order valence-electron chi connectivity index (χ3n) is 2.94. The lowest BCUT2D eigenvalue weighted by Gasteiger charge is -2.26. The van der Waals surface area contributed by atoms with E-state index in [2.05, 4.69) is 5.32 Å². The normalized spacial score (nSPS) is 13.3. The predicted molar refractivity (Wildman–Crippen MR) is 72.0 cm³/mol. The van der Waals surface area contributed by atoms with Crippen LogP contribution in [0.3, 0.4) is 0 Å². The Hall–Kier alpha value is -1.35. The second kappa shape index (κ2) is 4.88. The van der Waals surface area contributed by atoms with Crippen molar-refractivity contribution < 1.29 is 4.79 Å². The van der Waals surface area contributed by atoms with Gasteiger partial charge in [-0.3, -0.25) is 4.79 Å². The average molecular weight is 234 g/mol. The third kappa shape index (κ3) is 3.30. The molecule has 0 aromatic heterocycles. The van der Waals surface area contributed by atoms with E-state index < -0.39 is 6.04 Å². The zero-order valence-corrected chi connectivity index (χ0v) is 11.3. The van der Waals surface area contributed by atoms with Crippen molar-refractivity contribution in [1.82, 2.24) is 0 Å². The first kappa shape index (κ1) is 13.7. The third-order valence-corrected chi connectivity index (χ3v) is 2.94. The molecular weight excluding hydrogens is 212 g/mol. The molecule has 0 fully saturated rings. The number of benzene rings is 1. The molecule has 0 spiro atoms. The van der Waals surface area contributed by atoms with Gasteiger partial charge in [-0.25, -0.2) is 0 Å². The highest BCUT2D eigenvalue weighted by molar-refractivity contribution is 5.96. The van der Waals surface area contributed by atoms with Crippen LogP contribution < -0.4 is 11.1 Å². The minimum absolute atomic E-state index is 0.130. The number of rotatable bonds is 2. The first-order valence-corrected chi connectivity index (χ1v) is 5.86. The highest BCUT2D eigenvalue weighted by Crippen LogP contribution is 2.22. The lowest BCUT2D eigenvalue weighted by atomic mass is 9.87. The highest BCUT2D eigenvalue weighted by Gasteiger charge is 2.27. The van der Waals surface area contributed by atoms with Crippen LogP contribution in [-0.2, 0) is 4.79 Å². The summed E-state index contributed by atoms with van der Waals surface area (Å²) in [6.07, 6.45) is 0. The molecule has 1 aromatic rings. The molecule has 1 atom stereocenters. The van der Waals surface area contributed by atoms with Crippen molar-refractivity contribution in [1.29, 1.82) is 0 Å². The molecule has 3 heteroatoms. The quantitative estimate of drug-likeness (QED) is 0.826. The van der Waals surface area contributed by atoms with Gasteiger partial charge in [-0.1, -0.05) is 39.0 Å². The second-order valence-electron chi connectivity index (χ2n) is 5.60. The van der Waals surface area contributed by atoms with E-state index in [0.29, 0.717) is 0 Å². The summed E-state index contributed by atoms with van der Waals surface area (Å²) >= 11 is 0. The van der Waals surface area contributed by atoms with E-state index in [9.17, 15) is 4.79 Å². The van der Waals surface area contributed by atoms with Crippen LogP contribution in [0, 0.1) is 19.3 Å². The molecule has 0 aliphatic rings. The Labute approximate surface area is 103 Å². The van der Waals surface area contributed by atoms with E-state index >= 15 is 0 Å². The molecule has 1 rings (SSSR count). The molecule has 0 saturated carbocycles. The highest BCUT2D eigenvalue weighted by atomic mass is 16.2. The monoisotopic (exact) mass is 234 g/mol. The van der Waals surface area contributed by atoms with Gasteiger partial charge in [-0.15, -0.1) is 0 Å². The van der Waals surface area contributed by atoms with E-state index in [0.717, 1.165) is 16.8 Å². The predicted octanol–water partition coefficient (Wildman–Crippen LogP) is 2.62. The average Bonchev–Trinajstić information content (AvgIpc) is 2.21. The number of para-hydroxylation sites is 1.